The van der Waals surface area contributed by atoms with Gasteiger partial charge in [0.1, 0.15) is 5.82 Å². The molecule has 0 radical (unpaired) electrons. The molecule has 3 unspecified atom stereocenters. The summed E-state index contributed by atoms with van der Waals surface area (Å²) in [5.74, 6) is 0.561. The van der Waals surface area contributed by atoms with Crippen LogP contribution in [-0.4, -0.2) is 35.7 Å². The fourth-order valence-corrected chi connectivity index (χ4v) is 4.64. The van der Waals surface area contributed by atoms with Gasteiger partial charge < -0.3 is 4.90 Å². The van der Waals surface area contributed by atoms with Crippen molar-refractivity contribution < 1.29 is 9.18 Å². The van der Waals surface area contributed by atoms with Crippen LogP contribution in [0.3, 0.4) is 0 Å². The summed E-state index contributed by atoms with van der Waals surface area (Å²) in [6.07, 6.45) is 0.879. The van der Waals surface area contributed by atoms with Crippen molar-refractivity contribution in [1.82, 2.24) is 15.8 Å². The van der Waals surface area contributed by atoms with Gasteiger partial charge in [-0.05, 0) is 24.6 Å². The van der Waals surface area contributed by atoms with Crippen molar-refractivity contribution in [3.63, 3.8) is 0 Å². The molecule has 4 nitrogen and oxygen atoms in total. The van der Waals surface area contributed by atoms with E-state index in [0.717, 1.165) is 17.9 Å². The number of carbonyl (C=O) groups excluding carboxylic acids is 1. The second-order valence-corrected chi connectivity index (χ2v) is 7.84. The Morgan fingerprint density at radius 3 is 2.69 bits per heavy atom. The first-order valence-electron chi connectivity index (χ1n) is 8.93. The SMILES string of the molecule is O=C(CSc1ccccc1)N1CCC2NNC(c3ccccc3F)C2C1. The van der Waals surface area contributed by atoms with Gasteiger partial charge in [0.05, 0.1) is 11.8 Å². The molecule has 2 heterocycles. The van der Waals surface area contributed by atoms with Gasteiger partial charge in [-0.1, -0.05) is 36.4 Å². The summed E-state index contributed by atoms with van der Waals surface area (Å²) in [4.78, 5) is 15.7. The molecule has 2 aliphatic heterocycles. The molecule has 0 saturated carbocycles. The molecule has 0 aromatic heterocycles. The number of amides is 1. The number of benzene rings is 2. The molecule has 2 aromatic carbocycles. The average molecular weight is 371 g/mol. The van der Waals surface area contributed by atoms with E-state index in [1.54, 1.807) is 17.8 Å². The zero-order valence-corrected chi connectivity index (χ0v) is 15.2. The number of hydrogen-bond acceptors (Lipinski definition) is 4. The van der Waals surface area contributed by atoms with Gasteiger partial charge in [0, 0.05) is 35.5 Å². The minimum atomic E-state index is -0.199. The molecule has 0 bridgehead atoms. The lowest BCUT2D eigenvalue weighted by Gasteiger charge is -2.36. The first-order valence-corrected chi connectivity index (χ1v) is 9.92. The van der Waals surface area contributed by atoms with Crippen LogP contribution in [-0.2, 0) is 4.79 Å². The van der Waals surface area contributed by atoms with Crippen molar-refractivity contribution in [2.24, 2.45) is 5.92 Å². The smallest absolute Gasteiger partial charge is 0.232 e. The maximum atomic E-state index is 14.2. The topological polar surface area (TPSA) is 44.4 Å². The second-order valence-electron chi connectivity index (χ2n) is 6.79. The maximum Gasteiger partial charge on any atom is 0.232 e. The lowest BCUT2D eigenvalue weighted by molar-refractivity contribution is -0.130. The highest BCUT2D eigenvalue weighted by molar-refractivity contribution is 8.00. The average Bonchev–Trinajstić information content (AvgIpc) is 3.10. The van der Waals surface area contributed by atoms with Crippen LogP contribution in [0.25, 0.3) is 0 Å². The second kappa shape index (κ2) is 7.78. The van der Waals surface area contributed by atoms with E-state index >= 15 is 0 Å². The number of halogens is 1. The molecule has 136 valence electrons. The van der Waals surface area contributed by atoms with Gasteiger partial charge in [-0.25, -0.2) is 9.82 Å². The van der Waals surface area contributed by atoms with Crippen molar-refractivity contribution in [2.75, 3.05) is 18.8 Å². The van der Waals surface area contributed by atoms with Crippen LogP contribution in [0.15, 0.2) is 59.5 Å². The van der Waals surface area contributed by atoms with E-state index in [9.17, 15) is 9.18 Å². The quantitative estimate of drug-likeness (QED) is 0.811. The molecule has 0 spiro atoms. The first-order chi connectivity index (χ1) is 12.7. The number of likely N-dealkylation sites (tertiary alicyclic amines) is 1. The number of rotatable bonds is 4. The summed E-state index contributed by atoms with van der Waals surface area (Å²) in [6, 6.07) is 17.0. The largest absolute Gasteiger partial charge is 0.342 e. The van der Waals surface area contributed by atoms with E-state index < -0.39 is 0 Å². The van der Waals surface area contributed by atoms with E-state index in [1.807, 2.05) is 47.4 Å². The molecule has 2 aliphatic rings. The monoisotopic (exact) mass is 371 g/mol. The van der Waals surface area contributed by atoms with E-state index in [4.69, 9.17) is 0 Å². The van der Waals surface area contributed by atoms with Gasteiger partial charge in [-0.15, -0.1) is 11.8 Å². The highest BCUT2D eigenvalue weighted by atomic mass is 32.2. The van der Waals surface area contributed by atoms with Crippen molar-refractivity contribution in [2.45, 2.75) is 23.4 Å². The van der Waals surface area contributed by atoms with E-state index in [-0.39, 0.29) is 29.7 Å². The summed E-state index contributed by atoms with van der Waals surface area (Å²) in [7, 11) is 0. The highest BCUT2D eigenvalue weighted by Crippen LogP contribution is 2.35. The van der Waals surface area contributed by atoms with Gasteiger partial charge >= 0.3 is 0 Å². The number of thioether (sulfide) groups is 1. The minimum absolute atomic E-state index is 0.112. The predicted octanol–water partition coefficient (Wildman–Crippen LogP) is 2.98. The molecule has 0 aliphatic carbocycles. The van der Waals surface area contributed by atoms with Gasteiger partial charge in [0.2, 0.25) is 5.91 Å². The zero-order valence-electron chi connectivity index (χ0n) is 14.4. The Balaban J connectivity index is 1.41. The molecule has 4 rings (SSSR count). The normalized spacial score (nSPS) is 25.1. The van der Waals surface area contributed by atoms with Gasteiger partial charge in [-0.3, -0.25) is 10.2 Å². The molecular weight excluding hydrogens is 349 g/mol. The summed E-state index contributed by atoms with van der Waals surface area (Å²) in [5.41, 5.74) is 7.20. The molecule has 2 aromatic rings. The number of nitrogens with one attached hydrogen (secondary N) is 2. The highest BCUT2D eigenvalue weighted by Gasteiger charge is 2.42. The molecule has 26 heavy (non-hydrogen) atoms. The van der Waals surface area contributed by atoms with Gasteiger partial charge in [0.25, 0.3) is 0 Å². The summed E-state index contributed by atoms with van der Waals surface area (Å²) in [5, 5.41) is 0. The minimum Gasteiger partial charge on any atom is -0.342 e. The predicted molar refractivity (Wildman–Crippen MR) is 101 cm³/mol. The standard InChI is InChI=1S/C20H22FN3OS/c21-17-9-5-4-8-15(17)20-16-12-24(11-10-18(16)22-23-20)19(25)13-26-14-6-2-1-3-7-14/h1-9,16,18,20,22-23H,10-13H2. The van der Waals surface area contributed by atoms with Crippen LogP contribution in [0.4, 0.5) is 4.39 Å². The number of nitrogens with zero attached hydrogens (tertiary/aromatic N) is 1. The van der Waals surface area contributed by atoms with Crippen LogP contribution in [0.1, 0.15) is 18.0 Å². The molecule has 3 atom stereocenters. The molecule has 6 heteroatoms. The Labute approximate surface area is 157 Å². The van der Waals surface area contributed by atoms with Crippen molar-refractivity contribution >= 4 is 17.7 Å². The third-order valence-corrected chi connectivity index (χ3v) is 6.21. The summed E-state index contributed by atoms with van der Waals surface area (Å²) in [6.45, 7) is 1.39. The van der Waals surface area contributed by atoms with Crippen LogP contribution in [0.5, 0.6) is 0 Å². The Morgan fingerprint density at radius 1 is 1.12 bits per heavy atom. The fraction of sp³-hybridized carbons (Fsp3) is 0.350. The van der Waals surface area contributed by atoms with Crippen molar-refractivity contribution in [3.05, 3.63) is 66.0 Å². The zero-order chi connectivity index (χ0) is 17.9. The van der Waals surface area contributed by atoms with Crippen LogP contribution in [0.2, 0.25) is 0 Å². The lowest BCUT2D eigenvalue weighted by atomic mass is 9.85. The van der Waals surface area contributed by atoms with E-state index in [0.29, 0.717) is 17.9 Å². The van der Waals surface area contributed by atoms with E-state index in [1.165, 1.54) is 6.07 Å². The summed E-state index contributed by atoms with van der Waals surface area (Å²) < 4.78 is 14.2. The first kappa shape index (κ1) is 17.5. The third-order valence-electron chi connectivity index (χ3n) is 5.21. The third kappa shape index (κ3) is 3.63. The summed E-state index contributed by atoms with van der Waals surface area (Å²) >= 11 is 1.56. The number of carbonyl (C=O) groups is 1. The van der Waals surface area contributed by atoms with Crippen LogP contribution >= 0.6 is 11.8 Å². The Morgan fingerprint density at radius 2 is 1.88 bits per heavy atom. The van der Waals surface area contributed by atoms with Crippen LogP contribution < -0.4 is 10.9 Å². The molecular formula is C20H22FN3OS. The Bertz CT molecular complexity index is 773. The molecule has 2 N–H and O–H groups in total. The number of fused-ring (bicyclic) bond motifs is 1. The Hall–Kier alpha value is -1.89. The van der Waals surface area contributed by atoms with Gasteiger partial charge in [0.15, 0.2) is 0 Å². The lowest BCUT2D eigenvalue weighted by Crippen LogP contribution is -2.48. The molecule has 2 saturated heterocycles. The van der Waals surface area contributed by atoms with Gasteiger partial charge in [-0.2, -0.15) is 0 Å². The van der Waals surface area contributed by atoms with E-state index in [2.05, 4.69) is 10.9 Å². The number of hydrazine groups is 1. The maximum absolute atomic E-state index is 14.2. The molecule has 1 amide bonds. The number of hydrogen-bond donors (Lipinski definition) is 2. The molecule has 2 fully saturated rings. The van der Waals surface area contributed by atoms with Crippen molar-refractivity contribution in [1.29, 1.82) is 0 Å². The van der Waals surface area contributed by atoms with Crippen molar-refractivity contribution in [3.8, 4) is 0 Å². The van der Waals surface area contributed by atoms with Crippen LogP contribution in [0, 0.1) is 11.7 Å². The fourth-order valence-electron chi connectivity index (χ4n) is 3.82. The Kier molecular flexibility index (Phi) is 5.24. The number of piperidine rings is 1.